The minimum atomic E-state index is -0.0352. The molecule has 2 aromatic rings. The quantitative estimate of drug-likeness (QED) is 0.221. The van der Waals surface area contributed by atoms with E-state index in [0.29, 0.717) is 6.61 Å². The van der Waals surface area contributed by atoms with Crippen LogP contribution in [0.5, 0.6) is 11.5 Å². The van der Waals surface area contributed by atoms with Crippen LogP contribution in [-0.4, -0.2) is 38.3 Å². The topological polar surface area (TPSA) is 21.7 Å². The molecule has 0 heterocycles. The van der Waals surface area contributed by atoms with Crippen LogP contribution < -0.4 is 9.47 Å². The molecule has 0 saturated heterocycles. The second kappa shape index (κ2) is 17.2. The Morgan fingerprint density at radius 2 is 1.11 bits per heavy atom. The van der Waals surface area contributed by atoms with Gasteiger partial charge in [-0.05, 0) is 81.8 Å². The van der Waals surface area contributed by atoms with Gasteiger partial charge < -0.3 is 9.47 Å². The van der Waals surface area contributed by atoms with Crippen molar-refractivity contribution in [1.29, 1.82) is 0 Å². The maximum absolute atomic E-state index is 6.90. The Morgan fingerprint density at radius 3 is 1.56 bits per heavy atom. The van der Waals surface area contributed by atoms with Crippen molar-refractivity contribution < 1.29 is 9.47 Å². The SMILES string of the molecule is CC.CCCCN(CCC)CCOc1c(Cc2cc(C(C)(C)C)cc(C(C)(C)C)c2OC)cc(C(C)(C)C)cc1CC(C)(C)C. The molecule has 2 aromatic carbocycles. The second-order valence-corrected chi connectivity index (χ2v) is 17.0. The molecule has 0 fully saturated rings. The molecule has 0 atom stereocenters. The third kappa shape index (κ3) is 13.0. The Balaban J connectivity index is 0.00000496. The molecular weight excluding hydrogens is 550 g/mol. The largest absolute Gasteiger partial charge is 0.496 e. The van der Waals surface area contributed by atoms with Crippen molar-refractivity contribution in [3.8, 4) is 11.5 Å². The first kappa shape index (κ1) is 41.0. The molecule has 0 saturated carbocycles. The molecule has 0 aromatic heterocycles. The van der Waals surface area contributed by atoms with Crippen LogP contribution >= 0.6 is 0 Å². The number of unbranched alkanes of at least 4 members (excludes halogenated alkanes) is 1. The van der Waals surface area contributed by atoms with Gasteiger partial charge in [-0.3, -0.25) is 4.90 Å². The minimum absolute atomic E-state index is 0.0336. The fraction of sp³-hybridized carbons (Fsp3) is 0.714. The average Bonchev–Trinajstić information content (AvgIpc) is 2.91. The van der Waals surface area contributed by atoms with Crippen LogP contribution in [0.15, 0.2) is 24.3 Å². The normalized spacial score (nSPS) is 12.7. The molecule has 0 unspecified atom stereocenters. The zero-order chi connectivity index (χ0) is 34.8. The molecule has 45 heavy (non-hydrogen) atoms. The summed E-state index contributed by atoms with van der Waals surface area (Å²) in [4.78, 5) is 2.57. The Labute approximate surface area is 280 Å². The highest BCUT2D eigenvalue weighted by molar-refractivity contribution is 5.55. The van der Waals surface area contributed by atoms with Gasteiger partial charge in [0.1, 0.15) is 18.1 Å². The number of ether oxygens (including phenoxy) is 2. The first-order valence-corrected chi connectivity index (χ1v) is 17.9. The zero-order valence-electron chi connectivity index (χ0n) is 32.9. The molecule has 0 spiro atoms. The summed E-state index contributed by atoms with van der Waals surface area (Å²) in [7, 11) is 1.83. The number of hydrogen-bond donors (Lipinski definition) is 0. The summed E-state index contributed by atoms with van der Waals surface area (Å²) in [6.07, 6.45) is 5.38. The van der Waals surface area contributed by atoms with E-state index in [0.717, 1.165) is 44.0 Å². The van der Waals surface area contributed by atoms with Crippen LogP contribution in [0, 0.1) is 5.41 Å². The smallest absolute Gasteiger partial charge is 0.126 e. The highest BCUT2D eigenvalue weighted by Gasteiger charge is 2.28. The van der Waals surface area contributed by atoms with Crippen LogP contribution in [0.2, 0.25) is 0 Å². The summed E-state index contributed by atoms with van der Waals surface area (Å²) in [5.41, 5.74) is 8.00. The number of rotatable bonds is 13. The van der Waals surface area contributed by atoms with Crippen molar-refractivity contribution in [2.75, 3.05) is 33.4 Å². The van der Waals surface area contributed by atoms with E-state index in [9.17, 15) is 0 Å². The molecule has 0 aliphatic heterocycles. The van der Waals surface area contributed by atoms with E-state index in [1.807, 2.05) is 21.0 Å². The van der Waals surface area contributed by atoms with Crippen LogP contribution in [0.4, 0.5) is 0 Å². The molecule has 0 radical (unpaired) electrons. The van der Waals surface area contributed by atoms with Crippen molar-refractivity contribution in [1.82, 2.24) is 4.90 Å². The van der Waals surface area contributed by atoms with Gasteiger partial charge in [-0.15, -0.1) is 0 Å². The first-order chi connectivity index (χ1) is 20.7. The van der Waals surface area contributed by atoms with Crippen molar-refractivity contribution in [2.45, 2.75) is 159 Å². The van der Waals surface area contributed by atoms with Gasteiger partial charge in [0.05, 0.1) is 7.11 Å². The van der Waals surface area contributed by atoms with E-state index in [2.05, 4.69) is 126 Å². The van der Waals surface area contributed by atoms with E-state index in [4.69, 9.17) is 9.47 Å². The lowest BCUT2D eigenvalue weighted by atomic mass is 9.77. The standard InChI is InChI=1S/C40H67NO2.C2H6/c1-16-18-20-41(19-17-2)21-22-43-35-29(24-32(38(6,7)8)26-31(35)28-37(3,4)5)23-30-25-33(39(9,10)11)27-34(36(30)42-15)40(12,13)14;1-2/h24-27H,16-23,28H2,1-15H3;1-2H3. The lowest BCUT2D eigenvalue weighted by Gasteiger charge is -2.30. The third-order valence-electron chi connectivity index (χ3n) is 8.28. The summed E-state index contributed by atoms with van der Waals surface area (Å²) in [5, 5.41) is 0. The maximum atomic E-state index is 6.90. The van der Waals surface area contributed by atoms with E-state index in [1.165, 1.54) is 52.6 Å². The highest BCUT2D eigenvalue weighted by Crippen LogP contribution is 2.42. The van der Waals surface area contributed by atoms with Gasteiger partial charge in [0, 0.05) is 18.5 Å². The Hall–Kier alpha value is -2.00. The Kier molecular flexibility index (Phi) is 15.7. The molecule has 3 heteroatoms. The molecule has 0 amide bonds. The van der Waals surface area contributed by atoms with Crippen molar-refractivity contribution >= 4 is 0 Å². The molecule has 258 valence electrons. The predicted octanol–water partition coefficient (Wildman–Crippen LogP) is 11.7. The summed E-state index contributed by atoms with van der Waals surface area (Å²) in [6, 6.07) is 9.60. The average molecular weight is 624 g/mol. The Bertz CT molecular complexity index is 1170. The van der Waals surface area contributed by atoms with E-state index >= 15 is 0 Å². The number of methoxy groups -OCH3 is 1. The lowest BCUT2D eigenvalue weighted by Crippen LogP contribution is -2.30. The van der Waals surface area contributed by atoms with Crippen molar-refractivity contribution in [2.24, 2.45) is 5.41 Å². The maximum Gasteiger partial charge on any atom is 0.126 e. The molecule has 0 aliphatic carbocycles. The van der Waals surface area contributed by atoms with Gasteiger partial charge in [-0.2, -0.15) is 0 Å². The summed E-state index contributed by atoms with van der Waals surface area (Å²) in [5.74, 6) is 2.09. The molecule has 0 bridgehead atoms. The fourth-order valence-corrected chi connectivity index (χ4v) is 5.77. The monoisotopic (exact) mass is 624 g/mol. The third-order valence-corrected chi connectivity index (χ3v) is 8.28. The number of hydrogen-bond acceptors (Lipinski definition) is 3. The lowest BCUT2D eigenvalue weighted by molar-refractivity contribution is 0.204. The molecule has 2 rings (SSSR count). The van der Waals surface area contributed by atoms with Crippen LogP contribution in [0.3, 0.4) is 0 Å². The van der Waals surface area contributed by atoms with E-state index < -0.39 is 0 Å². The van der Waals surface area contributed by atoms with Gasteiger partial charge >= 0.3 is 0 Å². The first-order valence-electron chi connectivity index (χ1n) is 17.9. The van der Waals surface area contributed by atoms with Crippen molar-refractivity contribution in [3.05, 3.63) is 57.6 Å². The van der Waals surface area contributed by atoms with E-state index in [-0.39, 0.29) is 21.7 Å². The van der Waals surface area contributed by atoms with Crippen LogP contribution in [0.25, 0.3) is 0 Å². The zero-order valence-corrected chi connectivity index (χ0v) is 32.9. The van der Waals surface area contributed by atoms with Gasteiger partial charge in [-0.1, -0.05) is 141 Å². The van der Waals surface area contributed by atoms with Gasteiger partial charge in [-0.25, -0.2) is 0 Å². The summed E-state index contributed by atoms with van der Waals surface area (Å²) in [6.45, 7) is 40.2. The van der Waals surface area contributed by atoms with Crippen LogP contribution in [0.1, 0.15) is 163 Å². The number of benzene rings is 2. The second-order valence-electron chi connectivity index (χ2n) is 17.0. The molecule has 0 aliphatic rings. The van der Waals surface area contributed by atoms with Crippen molar-refractivity contribution in [3.63, 3.8) is 0 Å². The van der Waals surface area contributed by atoms with Gasteiger partial charge in [0.2, 0.25) is 0 Å². The van der Waals surface area contributed by atoms with Gasteiger partial charge in [0.25, 0.3) is 0 Å². The fourth-order valence-electron chi connectivity index (χ4n) is 5.77. The Morgan fingerprint density at radius 1 is 0.600 bits per heavy atom. The predicted molar refractivity (Wildman–Crippen MR) is 200 cm³/mol. The highest BCUT2D eigenvalue weighted by atomic mass is 16.5. The number of nitrogens with zero attached hydrogens (tertiary/aromatic N) is 1. The molecule has 0 N–H and O–H groups in total. The summed E-state index contributed by atoms with van der Waals surface area (Å²) < 4.78 is 13.1. The van der Waals surface area contributed by atoms with Crippen LogP contribution in [-0.2, 0) is 29.1 Å². The molecule has 3 nitrogen and oxygen atoms in total. The van der Waals surface area contributed by atoms with Gasteiger partial charge in [0.15, 0.2) is 0 Å². The summed E-state index contributed by atoms with van der Waals surface area (Å²) >= 11 is 0. The molecular formula is C42H73NO2. The minimum Gasteiger partial charge on any atom is -0.496 e. The van der Waals surface area contributed by atoms with E-state index in [1.54, 1.807) is 0 Å².